The van der Waals surface area contributed by atoms with Crippen LogP contribution in [0.1, 0.15) is 17.2 Å². The van der Waals surface area contributed by atoms with Crippen LogP contribution in [-0.4, -0.2) is 55.7 Å². The van der Waals surface area contributed by atoms with Gasteiger partial charge in [-0.05, 0) is 11.1 Å². The molecule has 2 aromatic carbocycles. The molecule has 1 fully saturated rings. The van der Waals surface area contributed by atoms with Crippen LogP contribution in [0.25, 0.3) is 0 Å². The van der Waals surface area contributed by atoms with Crippen LogP contribution in [-0.2, 0) is 4.74 Å². The van der Waals surface area contributed by atoms with Crippen molar-refractivity contribution < 1.29 is 4.74 Å². The summed E-state index contributed by atoms with van der Waals surface area (Å²) in [5.41, 5.74) is 2.40. The first-order valence-electron chi connectivity index (χ1n) is 8.96. The van der Waals surface area contributed by atoms with Crippen LogP contribution in [0.2, 0.25) is 0 Å². The lowest BCUT2D eigenvalue weighted by Crippen LogP contribution is -2.47. The molecular weight excluding hydrogens is 308 g/mol. The van der Waals surface area contributed by atoms with Crippen molar-refractivity contribution in [1.82, 2.24) is 9.80 Å². The molecule has 1 heterocycles. The molecule has 2 aromatic rings. The van der Waals surface area contributed by atoms with E-state index in [0.717, 1.165) is 45.9 Å². The number of piperazine rings is 1. The summed E-state index contributed by atoms with van der Waals surface area (Å²) in [7, 11) is 0. The van der Waals surface area contributed by atoms with E-state index in [1.165, 1.54) is 11.1 Å². The molecule has 0 saturated carbocycles. The van der Waals surface area contributed by atoms with E-state index in [4.69, 9.17) is 11.2 Å². The van der Waals surface area contributed by atoms with Gasteiger partial charge in [0.2, 0.25) is 0 Å². The monoisotopic (exact) mass is 334 g/mol. The topological polar surface area (TPSA) is 15.7 Å². The average Bonchev–Trinajstić information content (AvgIpc) is 2.68. The average molecular weight is 334 g/mol. The molecule has 1 saturated heterocycles. The van der Waals surface area contributed by atoms with Crippen molar-refractivity contribution >= 4 is 0 Å². The minimum absolute atomic E-state index is 0.00914. The standard InChI is InChI=1S/C22H26N2O/c1-2-13-23-14-16-24(17-15-23)18-19-25-22(20-9-5-3-6-10-20)21-11-7-4-8-12-21/h1,3-12,22H,13-19H2. The second-order valence-electron chi connectivity index (χ2n) is 6.39. The third-order valence-corrected chi connectivity index (χ3v) is 4.68. The first kappa shape index (κ1) is 17.7. The summed E-state index contributed by atoms with van der Waals surface area (Å²) >= 11 is 0. The summed E-state index contributed by atoms with van der Waals surface area (Å²) in [4.78, 5) is 4.79. The number of ether oxygens (including phenoxy) is 1. The molecule has 3 nitrogen and oxygen atoms in total. The predicted octanol–water partition coefficient (Wildman–Crippen LogP) is 3.04. The summed E-state index contributed by atoms with van der Waals surface area (Å²) < 4.78 is 6.30. The molecule has 3 heteroatoms. The third-order valence-electron chi connectivity index (χ3n) is 4.68. The molecule has 0 spiro atoms. The van der Waals surface area contributed by atoms with Crippen molar-refractivity contribution in [3.63, 3.8) is 0 Å². The Morgan fingerprint density at radius 3 is 1.88 bits per heavy atom. The number of hydrogen-bond acceptors (Lipinski definition) is 3. The van der Waals surface area contributed by atoms with Crippen molar-refractivity contribution in [2.24, 2.45) is 0 Å². The van der Waals surface area contributed by atoms with E-state index in [1.54, 1.807) is 0 Å². The maximum atomic E-state index is 6.30. The molecule has 0 aromatic heterocycles. The van der Waals surface area contributed by atoms with Gasteiger partial charge in [0.15, 0.2) is 0 Å². The van der Waals surface area contributed by atoms with Gasteiger partial charge in [0.25, 0.3) is 0 Å². The molecule has 3 rings (SSSR count). The van der Waals surface area contributed by atoms with Gasteiger partial charge in [0.05, 0.1) is 13.2 Å². The van der Waals surface area contributed by atoms with Crippen LogP contribution < -0.4 is 0 Å². The highest BCUT2D eigenvalue weighted by Gasteiger charge is 2.18. The molecule has 0 aliphatic carbocycles. The molecular formula is C22H26N2O. The minimum Gasteiger partial charge on any atom is -0.367 e. The Morgan fingerprint density at radius 1 is 0.840 bits per heavy atom. The molecule has 130 valence electrons. The Labute approximate surface area is 151 Å². The zero-order valence-electron chi connectivity index (χ0n) is 14.7. The van der Waals surface area contributed by atoms with Gasteiger partial charge < -0.3 is 4.74 Å². The Hall–Kier alpha value is -2.12. The lowest BCUT2D eigenvalue weighted by atomic mass is 10.0. The van der Waals surface area contributed by atoms with Crippen LogP contribution >= 0.6 is 0 Å². The summed E-state index contributed by atoms with van der Waals surface area (Å²) in [6.45, 7) is 6.66. The van der Waals surface area contributed by atoms with Crippen LogP contribution in [0.3, 0.4) is 0 Å². The highest BCUT2D eigenvalue weighted by atomic mass is 16.5. The zero-order chi connectivity index (χ0) is 17.3. The van der Waals surface area contributed by atoms with E-state index >= 15 is 0 Å². The number of hydrogen-bond donors (Lipinski definition) is 0. The van der Waals surface area contributed by atoms with Crippen molar-refractivity contribution in [1.29, 1.82) is 0 Å². The van der Waals surface area contributed by atoms with E-state index in [2.05, 4.69) is 64.3 Å². The molecule has 1 aliphatic heterocycles. The Balaban J connectivity index is 1.55. The lowest BCUT2D eigenvalue weighted by Gasteiger charge is -2.33. The SMILES string of the molecule is C#CCN1CCN(CCOC(c2ccccc2)c2ccccc2)CC1. The molecule has 0 bridgehead atoms. The van der Waals surface area contributed by atoms with Gasteiger partial charge in [0, 0.05) is 32.7 Å². The Morgan fingerprint density at radius 2 is 1.36 bits per heavy atom. The molecule has 0 N–H and O–H groups in total. The van der Waals surface area contributed by atoms with E-state index in [9.17, 15) is 0 Å². The number of benzene rings is 2. The molecule has 0 unspecified atom stereocenters. The Bertz CT molecular complexity index is 618. The van der Waals surface area contributed by atoms with Gasteiger partial charge in [-0.1, -0.05) is 66.6 Å². The zero-order valence-corrected chi connectivity index (χ0v) is 14.7. The van der Waals surface area contributed by atoms with Crippen molar-refractivity contribution in [3.05, 3.63) is 71.8 Å². The van der Waals surface area contributed by atoms with Crippen LogP contribution in [0.15, 0.2) is 60.7 Å². The van der Waals surface area contributed by atoms with Crippen molar-refractivity contribution in [3.8, 4) is 12.3 Å². The molecule has 1 aliphatic rings. The second-order valence-corrected chi connectivity index (χ2v) is 6.39. The van der Waals surface area contributed by atoms with E-state index in [0.29, 0.717) is 0 Å². The lowest BCUT2D eigenvalue weighted by molar-refractivity contribution is 0.0470. The molecule has 25 heavy (non-hydrogen) atoms. The van der Waals surface area contributed by atoms with Crippen LogP contribution in [0.4, 0.5) is 0 Å². The maximum Gasteiger partial charge on any atom is 0.108 e. The first-order chi connectivity index (χ1) is 12.4. The third kappa shape index (κ3) is 5.17. The summed E-state index contributed by atoms with van der Waals surface area (Å²) in [6.07, 6.45) is 5.38. The molecule has 0 amide bonds. The van der Waals surface area contributed by atoms with Crippen molar-refractivity contribution in [2.75, 3.05) is 45.9 Å². The fraction of sp³-hybridized carbons (Fsp3) is 0.364. The van der Waals surface area contributed by atoms with Gasteiger partial charge in [0.1, 0.15) is 6.10 Å². The normalized spacial score (nSPS) is 16.0. The summed E-state index contributed by atoms with van der Waals surface area (Å²) in [5, 5.41) is 0. The minimum atomic E-state index is -0.00914. The van der Waals surface area contributed by atoms with Crippen LogP contribution in [0, 0.1) is 12.3 Å². The quantitative estimate of drug-likeness (QED) is 0.724. The smallest absolute Gasteiger partial charge is 0.108 e. The second kappa shape index (κ2) is 9.39. The fourth-order valence-corrected chi connectivity index (χ4v) is 3.24. The predicted molar refractivity (Wildman–Crippen MR) is 102 cm³/mol. The van der Waals surface area contributed by atoms with E-state index < -0.39 is 0 Å². The highest BCUT2D eigenvalue weighted by Crippen LogP contribution is 2.25. The largest absolute Gasteiger partial charge is 0.367 e. The molecule has 0 radical (unpaired) electrons. The van der Waals surface area contributed by atoms with Gasteiger partial charge >= 0.3 is 0 Å². The number of rotatable bonds is 7. The van der Waals surface area contributed by atoms with Gasteiger partial charge in [-0.25, -0.2) is 0 Å². The van der Waals surface area contributed by atoms with E-state index in [1.807, 2.05) is 12.1 Å². The van der Waals surface area contributed by atoms with E-state index in [-0.39, 0.29) is 6.10 Å². The summed E-state index contributed by atoms with van der Waals surface area (Å²) in [6, 6.07) is 20.9. The summed E-state index contributed by atoms with van der Waals surface area (Å²) in [5.74, 6) is 2.73. The van der Waals surface area contributed by atoms with Gasteiger partial charge in [-0.15, -0.1) is 6.42 Å². The number of nitrogens with zero attached hydrogens (tertiary/aromatic N) is 2. The molecule has 0 atom stereocenters. The maximum absolute atomic E-state index is 6.30. The van der Waals surface area contributed by atoms with Crippen LogP contribution in [0.5, 0.6) is 0 Å². The van der Waals surface area contributed by atoms with Gasteiger partial charge in [-0.2, -0.15) is 0 Å². The highest BCUT2D eigenvalue weighted by molar-refractivity contribution is 5.29. The van der Waals surface area contributed by atoms with Gasteiger partial charge in [-0.3, -0.25) is 9.80 Å². The Kier molecular flexibility index (Phi) is 6.64. The first-order valence-corrected chi connectivity index (χ1v) is 8.96. The number of terminal acetylenes is 1. The van der Waals surface area contributed by atoms with Crippen molar-refractivity contribution in [2.45, 2.75) is 6.10 Å². The fourth-order valence-electron chi connectivity index (χ4n) is 3.24.